The summed E-state index contributed by atoms with van der Waals surface area (Å²) in [6, 6.07) is 23.0. The molecule has 170 valence electrons. The molecule has 6 nitrogen and oxygen atoms in total. The Kier molecular flexibility index (Phi) is 7.30. The summed E-state index contributed by atoms with van der Waals surface area (Å²) in [4.78, 5) is 14.5. The van der Waals surface area contributed by atoms with Gasteiger partial charge in [-0.2, -0.15) is 5.26 Å². The van der Waals surface area contributed by atoms with Crippen LogP contribution in [-0.4, -0.2) is 33.0 Å². The fraction of sp³-hybridized carbons (Fsp3) is 0.120. The number of carbonyl (C=O) groups excluding carboxylic acids is 1. The van der Waals surface area contributed by atoms with Gasteiger partial charge >= 0.3 is 0 Å². The predicted octanol–water partition coefficient (Wildman–Crippen LogP) is 5.25. The summed E-state index contributed by atoms with van der Waals surface area (Å²) >= 11 is 1.20. The number of halogens is 2. The molecule has 1 heterocycles. The Morgan fingerprint density at radius 1 is 0.941 bits per heavy atom. The van der Waals surface area contributed by atoms with Crippen molar-refractivity contribution < 1.29 is 13.6 Å². The number of anilines is 1. The normalized spacial score (nSPS) is 10.6. The molecule has 1 amide bonds. The molecule has 0 N–H and O–H groups in total. The Labute approximate surface area is 199 Å². The molecule has 4 aromatic rings. The van der Waals surface area contributed by atoms with Gasteiger partial charge in [0.2, 0.25) is 5.91 Å². The zero-order valence-corrected chi connectivity index (χ0v) is 18.8. The fourth-order valence-corrected chi connectivity index (χ4v) is 4.17. The molecule has 34 heavy (non-hydrogen) atoms. The molecular weight excluding hydrogens is 456 g/mol. The van der Waals surface area contributed by atoms with Gasteiger partial charge in [0.1, 0.15) is 11.6 Å². The maximum Gasteiger partial charge on any atom is 0.237 e. The Bertz CT molecular complexity index is 1300. The van der Waals surface area contributed by atoms with E-state index in [0.29, 0.717) is 22.2 Å². The zero-order chi connectivity index (χ0) is 23.9. The minimum atomic E-state index is -0.407. The van der Waals surface area contributed by atoms with Gasteiger partial charge in [-0.3, -0.25) is 9.36 Å². The van der Waals surface area contributed by atoms with Gasteiger partial charge in [0, 0.05) is 23.5 Å². The van der Waals surface area contributed by atoms with Gasteiger partial charge in [0.05, 0.1) is 18.2 Å². The fourth-order valence-electron chi connectivity index (χ4n) is 3.34. The summed E-state index contributed by atoms with van der Waals surface area (Å²) in [6.07, 6.45) is 0.142. The average molecular weight is 476 g/mol. The number of hydrogen-bond donors (Lipinski definition) is 0. The average Bonchev–Trinajstić information content (AvgIpc) is 3.29. The molecule has 4 rings (SSSR count). The largest absolute Gasteiger partial charge is 0.311 e. The van der Waals surface area contributed by atoms with Crippen LogP contribution in [-0.2, 0) is 4.79 Å². The second kappa shape index (κ2) is 10.7. The monoisotopic (exact) mass is 475 g/mol. The van der Waals surface area contributed by atoms with Crippen molar-refractivity contribution in [2.75, 3.05) is 17.2 Å². The molecule has 0 fully saturated rings. The molecule has 0 aliphatic rings. The lowest BCUT2D eigenvalue weighted by atomic mass is 10.2. The number of benzene rings is 3. The lowest BCUT2D eigenvalue weighted by Gasteiger charge is -2.21. The van der Waals surface area contributed by atoms with Crippen molar-refractivity contribution in [2.45, 2.75) is 11.6 Å². The lowest BCUT2D eigenvalue weighted by Crippen LogP contribution is -2.33. The molecule has 0 aliphatic carbocycles. The highest BCUT2D eigenvalue weighted by Gasteiger charge is 2.20. The summed E-state index contributed by atoms with van der Waals surface area (Å²) in [5, 5.41) is 18.0. The second-order valence-electron chi connectivity index (χ2n) is 7.20. The first-order valence-corrected chi connectivity index (χ1v) is 11.4. The molecule has 0 atom stereocenters. The summed E-state index contributed by atoms with van der Waals surface area (Å²) in [6.45, 7) is 0.188. The molecular formula is C25H19F2N5OS. The van der Waals surface area contributed by atoms with Gasteiger partial charge in [-0.1, -0.05) is 30.0 Å². The maximum absolute atomic E-state index is 13.4. The second-order valence-corrected chi connectivity index (χ2v) is 8.15. The highest BCUT2D eigenvalue weighted by Crippen LogP contribution is 2.28. The molecule has 0 unspecified atom stereocenters. The first-order chi connectivity index (χ1) is 16.6. The number of hydrogen-bond acceptors (Lipinski definition) is 5. The number of para-hydroxylation sites is 1. The Hall–Kier alpha value is -4.03. The SMILES string of the molecule is N#CCCN(C(=O)CSc1nnc(-c2ccc(F)cc2)n1-c1ccccc1)c1ccc(F)cc1. The van der Waals surface area contributed by atoms with E-state index in [1.807, 2.05) is 41.0 Å². The number of carbonyl (C=O) groups is 1. The van der Waals surface area contributed by atoms with E-state index in [4.69, 9.17) is 5.26 Å². The number of nitriles is 1. The van der Waals surface area contributed by atoms with E-state index < -0.39 is 5.82 Å². The van der Waals surface area contributed by atoms with Gasteiger partial charge < -0.3 is 4.90 Å². The van der Waals surface area contributed by atoms with E-state index in [9.17, 15) is 13.6 Å². The molecule has 0 bridgehead atoms. The van der Waals surface area contributed by atoms with Crippen molar-refractivity contribution >= 4 is 23.4 Å². The van der Waals surface area contributed by atoms with Crippen LogP contribution < -0.4 is 4.90 Å². The topological polar surface area (TPSA) is 74.8 Å². The van der Waals surface area contributed by atoms with Crippen LogP contribution in [0.1, 0.15) is 6.42 Å². The van der Waals surface area contributed by atoms with E-state index in [-0.39, 0.29) is 30.4 Å². The molecule has 9 heteroatoms. The number of thioether (sulfide) groups is 1. The van der Waals surface area contributed by atoms with Crippen LogP contribution in [0.15, 0.2) is 84.0 Å². The molecule has 1 aromatic heterocycles. The van der Waals surface area contributed by atoms with Crippen LogP contribution in [0.3, 0.4) is 0 Å². The summed E-state index contributed by atoms with van der Waals surface area (Å²) in [7, 11) is 0. The Balaban J connectivity index is 1.61. The minimum Gasteiger partial charge on any atom is -0.311 e. The lowest BCUT2D eigenvalue weighted by molar-refractivity contribution is -0.116. The van der Waals surface area contributed by atoms with Crippen molar-refractivity contribution in [1.29, 1.82) is 5.26 Å². The first kappa shape index (κ1) is 23.1. The van der Waals surface area contributed by atoms with E-state index in [2.05, 4.69) is 10.2 Å². The zero-order valence-electron chi connectivity index (χ0n) is 17.9. The number of rotatable bonds is 8. The minimum absolute atomic E-state index is 0.0250. The van der Waals surface area contributed by atoms with E-state index in [1.54, 1.807) is 12.1 Å². The first-order valence-electron chi connectivity index (χ1n) is 10.4. The highest BCUT2D eigenvalue weighted by molar-refractivity contribution is 7.99. The van der Waals surface area contributed by atoms with Gasteiger partial charge in [-0.15, -0.1) is 10.2 Å². The quantitative estimate of drug-likeness (QED) is 0.325. The van der Waals surface area contributed by atoms with Crippen LogP contribution in [0.4, 0.5) is 14.5 Å². The van der Waals surface area contributed by atoms with E-state index in [1.165, 1.54) is 53.1 Å². The summed E-state index contributed by atoms with van der Waals surface area (Å²) in [5.41, 5.74) is 1.98. The highest BCUT2D eigenvalue weighted by atomic mass is 32.2. The molecule has 0 spiro atoms. The standard InChI is InChI=1S/C25H19F2N5OS/c26-19-9-7-18(8-10-19)24-29-30-25(32(24)22-5-2-1-3-6-22)34-17-23(33)31(16-4-15-28)21-13-11-20(27)12-14-21/h1-3,5-14H,4,16-17H2. The third-order valence-electron chi connectivity index (χ3n) is 4.96. The Morgan fingerprint density at radius 2 is 1.59 bits per heavy atom. The molecule has 0 aliphatic heterocycles. The van der Waals surface area contributed by atoms with Crippen molar-refractivity contribution in [3.63, 3.8) is 0 Å². The van der Waals surface area contributed by atoms with Crippen LogP contribution in [0.25, 0.3) is 17.1 Å². The third-order valence-corrected chi connectivity index (χ3v) is 5.88. The van der Waals surface area contributed by atoms with Gasteiger partial charge in [-0.05, 0) is 60.7 Å². The van der Waals surface area contributed by atoms with Crippen LogP contribution in [0.2, 0.25) is 0 Å². The van der Waals surface area contributed by atoms with Crippen molar-refractivity contribution in [1.82, 2.24) is 14.8 Å². The van der Waals surface area contributed by atoms with E-state index >= 15 is 0 Å². The van der Waals surface area contributed by atoms with Crippen molar-refractivity contribution in [2.24, 2.45) is 0 Å². The molecule has 0 radical (unpaired) electrons. The van der Waals surface area contributed by atoms with Crippen LogP contribution in [0, 0.1) is 23.0 Å². The van der Waals surface area contributed by atoms with Gasteiger partial charge in [0.25, 0.3) is 0 Å². The number of nitrogens with zero attached hydrogens (tertiary/aromatic N) is 5. The third kappa shape index (κ3) is 5.30. The summed E-state index contributed by atoms with van der Waals surface area (Å²) in [5.74, 6) is -0.473. The number of aromatic nitrogens is 3. The van der Waals surface area contributed by atoms with E-state index in [0.717, 1.165) is 5.69 Å². The van der Waals surface area contributed by atoms with Crippen molar-refractivity contribution in [3.05, 3.63) is 90.5 Å². The maximum atomic E-state index is 13.4. The van der Waals surface area contributed by atoms with Gasteiger partial charge in [-0.25, -0.2) is 8.78 Å². The summed E-state index contributed by atoms with van der Waals surface area (Å²) < 4.78 is 28.6. The van der Waals surface area contributed by atoms with Gasteiger partial charge in [0.15, 0.2) is 11.0 Å². The predicted molar refractivity (Wildman–Crippen MR) is 126 cm³/mol. The Morgan fingerprint density at radius 3 is 2.24 bits per heavy atom. The molecule has 0 saturated carbocycles. The smallest absolute Gasteiger partial charge is 0.237 e. The van der Waals surface area contributed by atoms with Crippen molar-refractivity contribution in [3.8, 4) is 23.1 Å². The van der Waals surface area contributed by atoms with Crippen LogP contribution >= 0.6 is 11.8 Å². The number of amides is 1. The van der Waals surface area contributed by atoms with Crippen LogP contribution in [0.5, 0.6) is 0 Å². The molecule has 0 saturated heterocycles. The molecule has 3 aromatic carbocycles.